The van der Waals surface area contributed by atoms with E-state index in [-0.39, 0.29) is 10.8 Å². The molecule has 14 aromatic rings. The van der Waals surface area contributed by atoms with Crippen LogP contribution in [-0.4, -0.2) is 5.54 Å². The molecule has 12 aromatic carbocycles. The number of fused-ring (bicyclic) bond motifs is 12. The minimum Gasteiger partial charge on any atom is -0.456 e. The summed E-state index contributed by atoms with van der Waals surface area (Å²) in [5, 5.41) is 6.48. The third kappa shape index (κ3) is 8.29. The fourth-order valence-electron chi connectivity index (χ4n) is 16.3. The van der Waals surface area contributed by atoms with Crippen LogP contribution in [0.4, 0.5) is 28.4 Å². The fourth-order valence-corrected chi connectivity index (χ4v) is 16.3. The second kappa shape index (κ2) is 20.5. The van der Waals surface area contributed by atoms with Crippen molar-refractivity contribution in [2.24, 2.45) is 5.92 Å². The molecular formula is C88H66N2O2. The van der Waals surface area contributed by atoms with E-state index < -0.39 is 5.54 Å². The molecular weight excluding hydrogens is 1120 g/mol. The van der Waals surface area contributed by atoms with Gasteiger partial charge in [-0.1, -0.05) is 207 Å². The van der Waals surface area contributed by atoms with Gasteiger partial charge in [-0.15, -0.1) is 0 Å². The van der Waals surface area contributed by atoms with Crippen molar-refractivity contribution in [1.29, 1.82) is 0 Å². The molecule has 4 aliphatic rings. The summed E-state index contributed by atoms with van der Waals surface area (Å²) < 4.78 is 14.0. The maximum atomic E-state index is 7.04. The van der Waals surface area contributed by atoms with Crippen LogP contribution < -0.4 is 9.80 Å². The van der Waals surface area contributed by atoms with Crippen LogP contribution in [0.25, 0.3) is 88.0 Å². The number of nitrogens with zero attached hydrogens (tertiary/aromatic N) is 2. The van der Waals surface area contributed by atoms with E-state index in [4.69, 9.17) is 8.83 Å². The molecule has 4 heteroatoms. The first kappa shape index (κ1) is 54.0. The molecule has 3 atom stereocenters. The molecule has 0 fully saturated rings. The Kier molecular flexibility index (Phi) is 12.1. The van der Waals surface area contributed by atoms with Crippen LogP contribution in [0, 0.1) is 5.92 Å². The van der Waals surface area contributed by atoms with Crippen molar-refractivity contribution in [3.8, 4) is 22.3 Å². The molecule has 4 aliphatic carbocycles. The number of anilines is 5. The first-order chi connectivity index (χ1) is 45.1. The molecule has 0 spiro atoms. The average Bonchev–Trinajstić information content (AvgIpc) is 1.54. The smallest absolute Gasteiger partial charge is 0.137 e. The molecule has 0 bridgehead atoms. The van der Waals surface area contributed by atoms with Gasteiger partial charge >= 0.3 is 0 Å². The lowest BCUT2D eigenvalue weighted by molar-refractivity contribution is 0.569. The van der Waals surface area contributed by atoms with E-state index in [9.17, 15) is 0 Å². The number of hydrogen-bond acceptors (Lipinski definition) is 4. The summed E-state index contributed by atoms with van der Waals surface area (Å²) in [6.45, 7) is 9.56. The summed E-state index contributed by atoms with van der Waals surface area (Å²) in [7, 11) is 0. The van der Waals surface area contributed by atoms with Crippen LogP contribution in [0.1, 0.15) is 79.5 Å². The van der Waals surface area contributed by atoms with Gasteiger partial charge < -0.3 is 18.6 Å². The van der Waals surface area contributed by atoms with Gasteiger partial charge in [0.2, 0.25) is 0 Å². The lowest BCUT2D eigenvalue weighted by atomic mass is 9.70. The van der Waals surface area contributed by atoms with Gasteiger partial charge in [0.15, 0.2) is 0 Å². The molecule has 0 amide bonds. The maximum Gasteiger partial charge on any atom is 0.137 e. The van der Waals surface area contributed by atoms with Crippen LogP contribution in [0.2, 0.25) is 0 Å². The van der Waals surface area contributed by atoms with Crippen molar-refractivity contribution in [3.63, 3.8) is 0 Å². The van der Waals surface area contributed by atoms with Crippen molar-refractivity contribution in [2.75, 3.05) is 9.80 Å². The van der Waals surface area contributed by atoms with Crippen LogP contribution in [0.15, 0.2) is 312 Å². The van der Waals surface area contributed by atoms with E-state index in [0.29, 0.717) is 5.92 Å². The molecule has 92 heavy (non-hydrogen) atoms. The highest BCUT2D eigenvalue weighted by molar-refractivity contribution is 6.16. The van der Waals surface area contributed by atoms with Gasteiger partial charge in [0, 0.05) is 72.9 Å². The van der Waals surface area contributed by atoms with Crippen molar-refractivity contribution in [2.45, 2.75) is 56.9 Å². The fraction of sp³-hybridized carbons (Fsp3) is 0.114. The van der Waals surface area contributed by atoms with Gasteiger partial charge in [-0.25, -0.2) is 0 Å². The molecule has 18 rings (SSSR count). The largest absolute Gasteiger partial charge is 0.456 e. The molecule has 4 nitrogen and oxygen atoms in total. The lowest BCUT2D eigenvalue weighted by Gasteiger charge is -2.43. The van der Waals surface area contributed by atoms with E-state index >= 15 is 0 Å². The first-order valence-electron chi connectivity index (χ1n) is 32.5. The van der Waals surface area contributed by atoms with Gasteiger partial charge in [-0.3, -0.25) is 0 Å². The Hall–Kier alpha value is -10.9. The highest BCUT2D eigenvalue weighted by Gasteiger charge is 2.44. The Morgan fingerprint density at radius 3 is 1.51 bits per heavy atom. The molecule has 0 N–H and O–H groups in total. The minimum absolute atomic E-state index is 0.279. The number of rotatable bonds is 10. The SMILES string of the molecule is CC1C=CC2=C(C1)C(C)(c1cccc(N(c3ccc4c(c3)oc3cc5cc6c(cc5cc34)oc3cc(N(c4ccc(-c5ccccc5)cc4)c4cccc(C5(C)c7ccccc7-c7ccccc75)c4)ccc36)C3(C)C=CC(c4ccccc4)=CC3)c1)c1ccccc12. The predicted molar refractivity (Wildman–Crippen MR) is 384 cm³/mol. The zero-order valence-corrected chi connectivity index (χ0v) is 52.0. The summed E-state index contributed by atoms with van der Waals surface area (Å²) in [5.41, 5.74) is 26.0. The molecule has 2 heterocycles. The maximum absolute atomic E-state index is 7.04. The predicted octanol–water partition coefficient (Wildman–Crippen LogP) is 23.7. The molecule has 2 aromatic heterocycles. The first-order valence-corrected chi connectivity index (χ1v) is 32.5. The van der Waals surface area contributed by atoms with Gasteiger partial charge in [-0.05, 0) is 213 Å². The zero-order valence-electron chi connectivity index (χ0n) is 52.0. The number of hydrogen-bond donors (Lipinski definition) is 0. The summed E-state index contributed by atoms with van der Waals surface area (Å²) in [6.07, 6.45) is 13.8. The van der Waals surface area contributed by atoms with Crippen LogP contribution in [0.5, 0.6) is 0 Å². The van der Waals surface area contributed by atoms with Crippen molar-refractivity contribution < 1.29 is 8.83 Å². The summed E-state index contributed by atoms with van der Waals surface area (Å²) in [5.74, 6) is 0.473. The highest BCUT2D eigenvalue weighted by Crippen LogP contribution is 2.57. The molecule has 0 aliphatic heterocycles. The molecule has 0 saturated carbocycles. The summed E-state index contributed by atoms with van der Waals surface area (Å²) >= 11 is 0. The minimum atomic E-state index is -0.407. The quantitative estimate of drug-likeness (QED) is 0.137. The van der Waals surface area contributed by atoms with Crippen molar-refractivity contribution in [3.05, 3.63) is 342 Å². The van der Waals surface area contributed by atoms with Gasteiger partial charge in [0.05, 0.1) is 5.54 Å². The molecule has 440 valence electrons. The van der Waals surface area contributed by atoms with Crippen LogP contribution >= 0.6 is 0 Å². The van der Waals surface area contributed by atoms with Crippen molar-refractivity contribution in [1.82, 2.24) is 0 Å². The number of furan rings is 2. The van der Waals surface area contributed by atoms with Crippen LogP contribution in [0.3, 0.4) is 0 Å². The molecule has 3 unspecified atom stereocenters. The second-order valence-electron chi connectivity index (χ2n) is 26.5. The standard InChI is InChI=1S/C88H66N2O2/c1-56-33-40-73-72-29-13-16-32-80(72)88(4,81(73)47-56)64-24-18-26-68(53-64)90(86(2)45-43-60(44-46-86)58-21-9-6-10-22-58)69-39-42-75-77-49-62-50-82-76(48-61(62)51-83(77)92-85(75)55-69)74-41-38-67(54-84(74)91-82)89(65-36-34-59(35-37-65)57-19-7-5-8-20-57)66-25-17-23-63(52-66)87(3)78-30-14-11-27-70(78)71-28-12-15-31-79(71)87/h5-45,48-56H,46-47H2,1-4H3. The normalized spacial score (nSPS) is 18.6. The Bertz CT molecular complexity index is 5440. The average molecular weight is 1180 g/mol. The van der Waals surface area contributed by atoms with E-state index in [1.54, 1.807) is 0 Å². The third-order valence-electron chi connectivity index (χ3n) is 21.1. The monoisotopic (exact) mass is 1180 g/mol. The highest BCUT2D eigenvalue weighted by atomic mass is 16.3. The van der Waals surface area contributed by atoms with E-state index in [2.05, 4.69) is 335 Å². The zero-order chi connectivity index (χ0) is 61.5. The van der Waals surface area contributed by atoms with Gasteiger partial charge in [0.1, 0.15) is 22.3 Å². The number of benzene rings is 12. The molecule has 0 radical (unpaired) electrons. The van der Waals surface area contributed by atoms with Crippen LogP contribution in [-0.2, 0) is 10.8 Å². The van der Waals surface area contributed by atoms with Gasteiger partial charge in [-0.2, -0.15) is 0 Å². The second-order valence-corrected chi connectivity index (χ2v) is 26.5. The van der Waals surface area contributed by atoms with E-state index in [1.807, 2.05) is 0 Å². The number of allylic oxidation sites excluding steroid dienone is 6. The molecule has 0 saturated heterocycles. The Labute approximate surface area is 536 Å². The summed E-state index contributed by atoms with van der Waals surface area (Å²) in [6, 6.07) is 98.2. The lowest BCUT2D eigenvalue weighted by Crippen LogP contribution is -2.42. The Balaban J connectivity index is 0.726. The Morgan fingerprint density at radius 1 is 0.391 bits per heavy atom. The summed E-state index contributed by atoms with van der Waals surface area (Å²) in [4.78, 5) is 4.93. The van der Waals surface area contributed by atoms with Crippen molar-refractivity contribution >= 4 is 94.2 Å². The van der Waals surface area contributed by atoms with E-state index in [0.717, 1.165) is 95.9 Å². The third-order valence-corrected chi connectivity index (χ3v) is 21.1. The van der Waals surface area contributed by atoms with Gasteiger partial charge in [0.25, 0.3) is 0 Å². The topological polar surface area (TPSA) is 32.8 Å². The van der Waals surface area contributed by atoms with E-state index in [1.165, 1.54) is 77.9 Å². The Morgan fingerprint density at radius 2 is 0.880 bits per heavy atom.